The summed E-state index contributed by atoms with van der Waals surface area (Å²) in [7, 11) is 4.14. The van der Waals surface area contributed by atoms with E-state index in [2.05, 4.69) is 34.3 Å². The Bertz CT molecular complexity index is 1620. The predicted molar refractivity (Wildman–Crippen MR) is 161 cm³/mol. The zero-order chi connectivity index (χ0) is 29.8. The molecule has 1 N–H and O–H groups in total. The van der Waals surface area contributed by atoms with E-state index in [-0.39, 0.29) is 23.4 Å². The normalized spacial score (nSPS) is 14.3. The highest BCUT2D eigenvalue weighted by atomic mass is 19.1. The van der Waals surface area contributed by atoms with Crippen molar-refractivity contribution in [3.05, 3.63) is 94.5 Å². The Labute approximate surface area is 244 Å². The van der Waals surface area contributed by atoms with Crippen molar-refractivity contribution in [1.29, 1.82) is 0 Å². The van der Waals surface area contributed by atoms with Crippen molar-refractivity contribution in [2.45, 2.75) is 38.8 Å². The van der Waals surface area contributed by atoms with Crippen LogP contribution >= 0.6 is 0 Å². The van der Waals surface area contributed by atoms with Gasteiger partial charge in [-0.2, -0.15) is 0 Å². The van der Waals surface area contributed by atoms with Gasteiger partial charge in [0.15, 0.2) is 5.69 Å². The van der Waals surface area contributed by atoms with Crippen LogP contribution in [0, 0.1) is 5.82 Å². The highest BCUT2D eigenvalue weighted by molar-refractivity contribution is 5.94. The molecule has 4 aromatic rings. The first kappa shape index (κ1) is 28.9. The van der Waals surface area contributed by atoms with Crippen LogP contribution in [0.1, 0.15) is 37.0 Å². The van der Waals surface area contributed by atoms with Gasteiger partial charge in [0.1, 0.15) is 17.3 Å². The molecule has 0 atom stereocenters. The van der Waals surface area contributed by atoms with E-state index in [0.717, 1.165) is 18.4 Å². The second-order valence-electron chi connectivity index (χ2n) is 10.9. The Morgan fingerprint density at radius 1 is 1.00 bits per heavy atom. The lowest BCUT2D eigenvalue weighted by Gasteiger charge is -2.35. The topological polar surface area (TPSA) is 95.3 Å². The number of H-pyrrole nitrogens is 1. The number of carbonyl (C=O) groups is 1. The molecule has 1 aromatic heterocycles. The Hall–Kier alpha value is -4.57. The van der Waals surface area contributed by atoms with Gasteiger partial charge in [0.2, 0.25) is 0 Å². The Morgan fingerprint density at radius 2 is 1.69 bits per heavy atom. The molecule has 42 heavy (non-hydrogen) atoms. The van der Waals surface area contributed by atoms with Crippen LogP contribution in [0.25, 0.3) is 16.9 Å². The SMILES string of the molecule is CC(C)Oc1cc(F)ccc1N=Nc1c(-c2ccccc2)[nH]n(-c2ccc(C(=O)N3CCC(N(C)C)CC3)cc2)c1=O. The molecule has 218 valence electrons. The summed E-state index contributed by atoms with van der Waals surface area (Å²) in [5.74, 6) is -0.244. The number of azo groups is 1. The first-order valence-corrected chi connectivity index (χ1v) is 14.1. The summed E-state index contributed by atoms with van der Waals surface area (Å²) >= 11 is 0. The van der Waals surface area contributed by atoms with E-state index in [9.17, 15) is 14.0 Å². The molecule has 0 spiro atoms. The van der Waals surface area contributed by atoms with Crippen LogP contribution in [-0.2, 0) is 0 Å². The summed E-state index contributed by atoms with van der Waals surface area (Å²) in [6.45, 7) is 5.09. The van der Waals surface area contributed by atoms with E-state index in [1.807, 2.05) is 49.1 Å². The van der Waals surface area contributed by atoms with Crippen LogP contribution in [0.4, 0.5) is 15.8 Å². The lowest BCUT2D eigenvalue weighted by atomic mass is 10.0. The zero-order valence-electron chi connectivity index (χ0n) is 24.3. The maximum Gasteiger partial charge on any atom is 0.299 e. The van der Waals surface area contributed by atoms with Crippen LogP contribution in [-0.4, -0.2) is 64.8 Å². The number of aromatic nitrogens is 2. The number of nitrogens with zero attached hydrogens (tertiary/aromatic N) is 5. The minimum atomic E-state index is -0.460. The third-order valence-electron chi connectivity index (χ3n) is 7.33. The number of amides is 1. The van der Waals surface area contributed by atoms with E-state index in [4.69, 9.17) is 4.74 Å². The standard InChI is InChI=1S/C32H35FN6O3/c1-21(2)42-28-20-24(33)12-15-27(28)34-35-30-29(22-8-6-5-7-9-22)36-39(32(30)41)26-13-10-23(11-14-26)31(40)38-18-16-25(17-19-38)37(3)4/h5-15,20-21,25,36H,16-19H2,1-4H3. The molecule has 10 heteroatoms. The second kappa shape index (κ2) is 12.5. The van der Waals surface area contributed by atoms with Crippen molar-refractivity contribution >= 4 is 17.3 Å². The van der Waals surface area contributed by atoms with E-state index in [0.29, 0.717) is 41.8 Å². The number of ether oxygens (including phenoxy) is 1. The molecule has 1 amide bonds. The van der Waals surface area contributed by atoms with E-state index in [1.165, 1.54) is 22.9 Å². The zero-order valence-corrected chi connectivity index (χ0v) is 24.3. The fourth-order valence-corrected chi connectivity index (χ4v) is 5.05. The van der Waals surface area contributed by atoms with E-state index in [1.54, 1.807) is 24.3 Å². The molecule has 3 aromatic carbocycles. The number of halogens is 1. The summed E-state index contributed by atoms with van der Waals surface area (Å²) in [6, 6.07) is 20.7. The Balaban J connectivity index is 1.46. The molecule has 0 bridgehead atoms. The van der Waals surface area contributed by atoms with Crippen LogP contribution < -0.4 is 10.3 Å². The first-order valence-electron chi connectivity index (χ1n) is 14.1. The molecule has 1 aliphatic rings. The van der Waals surface area contributed by atoms with Crippen molar-refractivity contribution < 1.29 is 13.9 Å². The van der Waals surface area contributed by atoms with Crippen LogP contribution in [0.15, 0.2) is 87.8 Å². The number of hydrogen-bond donors (Lipinski definition) is 1. The van der Waals surface area contributed by atoms with Gasteiger partial charge in [0.25, 0.3) is 11.5 Å². The van der Waals surface area contributed by atoms with Gasteiger partial charge in [0, 0.05) is 36.3 Å². The van der Waals surface area contributed by atoms with Crippen LogP contribution in [0.3, 0.4) is 0 Å². The van der Waals surface area contributed by atoms with Gasteiger partial charge in [-0.1, -0.05) is 30.3 Å². The molecule has 0 aliphatic carbocycles. The molecule has 1 saturated heterocycles. The van der Waals surface area contributed by atoms with Gasteiger partial charge >= 0.3 is 0 Å². The van der Waals surface area contributed by atoms with Gasteiger partial charge in [-0.05, 0) is 77.2 Å². The average Bonchev–Trinajstić information content (AvgIpc) is 3.32. The number of hydrogen-bond acceptors (Lipinski definition) is 6. The number of benzene rings is 3. The van der Waals surface area contributed by atoms with Gasteiger partial charge in [-0.25, -0.2) is 9.07 Å². The molecular weight excluding hydrogens is 535 g/mol. The fourth-order valence-electron chi connectivity index (χ4n) is 5.05. The molecule has 5 rings (SSSR count). The number of likely N-dealkylation sites (tertiary alicyclic amines) is 1. The molecule has 9 nitrogen and oxygen atoms in total. The fraction of sp³-hybridized carbons (Fsp3) is 0.312. The quantitative estimate of drug-likeness (QED) is 0.250. The highest BCUT2D eigenvalue weighted by Gasteiger charge is 2.25. The second-order valence-corrected chi connectivity index (χ2v) is 10.9. The monoisotopic (exact) mass is 570 g/mol. The summed E-state index contributed by atoms with van der Waals surface area (Å²) in [4.78, 5) is 30.9. The maximum atomic E-state index is 13.9. The van der Waals surface area contributed by atoms with E-state index < -0.39 is 11.4 Å². The maximum absolute atomic E-state index is 13.9. The van der Waals surface area contributed by atoms with Gasteiger partial charge in [-0.15, -0.1) is 10.2 Å². The van der Waals surface area contributed by atoms with Crippen molar-refractivity contribution in [2.75, 3.05) is 27.2 Å². The number of nitrogens with one attached hydrogen (secondary N) is 1. The largest absolute Gasteiger partial charge is 0.489 e. The summed E-state index contributed by atoms with van der Waals surface area (Å²) in [5, 5.41) is 11.8. The minimum Gasteiger partial charge on any atom is -0.489 e. The summed E-state index contributed by atoms with van der Waals surface area (Å²) in [6.07, 6.45) is 1.68. The Morgan fingerprint density at radius 3 is 2.33 bits per heavy atom. The number of carbonyl (C=O) groups excluding carboxylic acids is 1. The number of rotatable bonds is 8. The first-order chi connectivity index (χ1) is 20.2. The summed E-state index contributed by atoms with van der Waals surface area (Å²) < 4.78 is 21.0. The smallest absolute Gasteiger partial charge is 0.299 e. The minimum absolute atomic E-state index is 0.0178. The molecule has 1 aliphatic heterocycles. The molecule has 0 unspecified atom stereocenters. The third-order valence-corrected chi connectivity index (χ3v) is 7.33. The van der Waals surface area contributed by atoms with Crippen molar-refractivity contribution in [3.63, 3.8) is 0 Å². The van der Waals surface area contributed by atoms with Crippen molar-refractivity contribution in [3.8, 4) is 22.7 Å². The molecule has 0 radical (unpaired) electrons. The van der Waals surface area contributed by atoms with Crippen molar-refractivity contribution in [2.24, 2.45) is 10.2 Å². The Kier molecular flexibility index (Phi) is 8.63. The van der Waals surface area contributed by atoms with Crippen LogP contribution in [0.5, 0.6) is 5.75 Å². The lowest BCUT2D eigenvalue weighted by molar-refractivity contribution is 0.0663. The van der Waals surface area contributed by atoms with Gasteiger partial charge in [-0.3, -0.25) is 14.7 Å². The van der Waals surface area contributed by atoms with Crippen molar-refractivity contribution in [1.82, 2.24) is 19.6 Å². The highest BCUT2D eigenvalue weighted by Crippen LogP contribution is 2.33. The third kappa shape index (κ3) is 6.33. The average molecular weight is 571 g/mol. The molecular formula is C32H35FN6O3. The van der Waals surface area contributed by atoms with Gasteiger partial charge in [0.05, 0.1) is 17.5 Å². The van der Waals surface area contributed by atoms with E-state index >= 15 is 0 Å². The molecule has 1 fully saturated rings. The number of piperidine rings is 1. The number of aromatic amines is 1. The van der Waals surface area contributed by atoms with Crippen LogP contribution in [0.2, 0.25) is 0 Å². The van der Waals surface area contributed by atoms with Gasteiger partial charge < -0.3 is 14.5 Å². The summed E-state index contributed by atoms with van der Waals surface area (Å²) in [5.41, 5.74) is 2.30. The lowest BCUT2D eigenvalue weighted by Crippen LogP contribution is -2.44. The molecule has 2 heterocycles. The predicted octanol–water partition coefficient (Wildman–Crippen LogP) is 6.34. The molecule has 0 saturated carbocycles.